The lowest BCUT2D eigenvalue weighted by atomic mass is 10.3. The van der Waals surface area contributed by atoms with Crippen LogP contribution in [0.3, 0.4) is 0 Å². The van der Waals surface area contributed by atoms with Crippen molar-refractivity contribution in [2.24, 2.45) is 0 Å². The molecular weight excluding hydrogens is 272 g/mol. The van der Waals surface area contributed by atoms with Gasteiger partial charge in [0.1, 0.15) is 6.54 Å². The normalized spacial score (nSPS) is 10.6. The Balaban J connectivity index is 2.60. The van der Waals surface area contributed by atoms with Gasteiger partial charge in [0.15, 0.2) is 6.29 Å². The van der Waals surface area contributed by atoms with Crippen molar-refractivity contribution in [1.29, 1.82) is 0 Å². The van der Waals surface area contributed by atoms with E-state index in [0.717, 1.165) is 5.06 Å². The third kappa shape index (κ3) is 5.04. The number of nitrogens with zero attached hydrogens (tertiary/aromatic N) is 1. The average Bonchev–Trinajstić information content (AvgIpc) is 2.42. The molecule has 7 heteroatoms. The molecule has 0 aliphatic rings. The van der Waals surface area contributed by atoms with E-state index in [2.05, 4.69) is 5.32 Å². The molecule has 19 heavy (non-hydrogen) atoms. The third-order valence-electron chi connectivity index (χ3n) is 2.38. The Kier molecular flexibility index (Phi) is 6.58. The van der Waals surface area contributed by atoms with Gasteiger partial charge in [-0.25, -0.2) is 4.79 Å². The van der Waals surface area contributed by atoms with Crippen molar-refractivity contribution in [3.05, 3.63) is 29.3 Å². The summed E-state index contributed by atoms with van der Waals surface area (Å²) in [6.07, 6.45) is -0.559. The molecule has 6 nitrogen and oxygen atoms in total. The lowest BCUT2D eigenvalue weighted by Gasteiger charge is -2.23. The first kappa shape index (κ1) is 15.7. The zero-order valence-electron chi connectivity index (χ0n) is 11.1. The number of urea groups is 1. The smallest absolute Gasteiger partial charge is 0.345 e. The molecule has 0 aliphatic heterocycles. The van der Waals surface area contributed by atoms with Crippen LogP contribution in [0.25, 0.3) is 0 Å². The van der Waals surface area contributed by atoms with Crippen LogP contribution >= 0.6 is 11.6 Å². The molecule has 1 N–H and O–H groups in total. The van der Waals surface area contributed by atoms with Crippen molar-refractivity contribution in [3.63, 3.8) is 0 Å². The van der Waals surface area contributed by atoms with E-state index in [0.29, 0.717) is 10.7 Å². The standard InChI is InChI=1S/C12H17ClN2O4/c1-17-11(18-2)8-15(19-3)12(16)14-10-6-4-9(13)5-7-10/h4-7,11H,8H2,1-3H3,(H,14,16). The topological polar surface area (TPSA) is 60.0 Å². The summed E-state index contributed by atoms with van der Waals surface area (Å²) in [5.74, 6) is 0. The van der Waals surface area contributed by atoms with Gasteiger partial charge in [0.2, 0.25) is 0 Å². The summed E-state index contributed by atoms with van der Waals surface area (Å²) in [7, 11) is 4.36. The Morgan fingerprint density at radius 2 is 1.84 bits per heavy atom. The van der Waals surface area contributed by atoms with Gasteiger partial charge in [-0.15, -0.1) is 0 Å². The number of carbonyl (C=O) groups excluding carboxylic acids is 1. The van der Waals surface area contributed by atoms with E-state index < -0.39 is 12.3 Å². The molecule has 1 aromatic carbocycles. The number of rotatable bonds is 6. The molecule has 0 atom stereocenters. The Morgan fingerprint density at radius 1 is 1.26 bits per heavy atom. The van der Waals surface area contributed by atoms with Crippen LogP contribution in [0.1, 0.15) is 0 Å². The summed E-state index contributed by atoms with van der Waals surface area (Å²) < 4.78 is 10.0. The van der Waals surface area contributed by atoms with Crippen LogP contribution in [-0.2, 0) is 14.3 Å². The number of halogens is 1. The highest BCUT2D eigenvalue weighted by Gasteiger charge is 2.18. The van der Waals surface area contributed by atoms with E-state index in [1.807, 2.05) is 0 Å². The number of benzene rings is 1. The van der Waals surface area contributed by atoms with Gasteiger partial charge in [-0.3, -0.25) is 4.84 Å². The van der Waals surface area contributed by atoms with E-state index in [9.17, 15) is 4.79 Å². The number of hydrogen-bond acceptors (Lipinski definition) is 4. The number of hydrogen-bond donors (Lipinski definition) is 1. The minimum Gasteiger partial charge on any atom is -0.354 e. The van der Waals surface area contributed by atoms with Gasteiger partial charge in [-0.05, 0) is 24.3 Å². The van der Waals surface area contributed by atoms with Crippen molar-refractivity contribution in [3.8, 4) is 0 Å². The van der Waals surface area contributed by atoms with Crippen LogP contribution < -0.4 is 5.32 Å². The van der Waals surface area contributed by atoms with E-state index in [1.165, 1.54) is 21.3 Å². The molecular formula is C12H17ClN2O4. The quantitative estimate of drug-likeness (QED) is 0.645. The van der Waals surface area contributed by atoms with Gasteiger partial charge >= 0.3 is 6.03 Å². The molecule has 2 amide bonds. The van der Waals surface area contributed by atoms with Gasteiger partial charge in [-0.1, -0.05) is 11.6 Å². The highest BCUT2D eigenvalue weighted by atomic mass is 35.5. The summed E-state index contributed by atoms with van der Waals surface area (Å²) >= 11 is 5.76. The summed E-state index contributed by atoms with van der Waals surface area (Å²) in [6, 6.07) is 6.32. The van der Waals surface area contributed by atoms with Gasteiger partial charge in [0, 0.05) is 24.9 Å². The molecule has 0 fully saturated rings. The lowest BCUT2D eigenvalue weighted by Crippen LogP contribution is -2.40. The van der Waals surface area contributed by atoms with Crippen LogP contribution in [0.15, 0.2) is 24.3 Å². The van der Waals surface area contributed by atoms with E-state index >= 15 is 0 Å². The van der Waals surface area contributed by atoms with Crippen LogP contribution in [0, 0.1) is 0 Å². The zero-order chi connectivity index (χ0) is 14.3. The van der Waals surface area contributed by atoms with Crippen molar-refractivity contribution < 1.29 is 19.1 Å². The third-order valence-corrected chi connectivity index (χ3v) is 2.64. The van der Waals surface area contributed by atoms with E-state index in [-0.39, 0.29) is 6.54 Å². The monoisotopic (exact) mass is 288 g/mol. The summed E-state index contributed by atoms with van der Waals surface area (Å²) in [5.41, 5.74) is 0.614. The fourth-order valence-electron chi connectivity index (χ4n) is 1.34. The second-order valence-corrected chi connectivity index (χ2v) is 4.02. The van der Waals surface area contributed by atoms with Crippen LogP contribution in [0.4, 0.5) is 10.5 Å². The van der Waals surface area contributed by atoms with Crippen LogP contribution in [0.5, 0.6) is 0 Å². The predicted octanol–water partition coefficient (Wildman–Crippen LogP) is 2.35. The number of methoxy groups -OCH3 is 2. The minimum absolute atomic E-state index is 0.142. The number of amides is 2. The number of nitrogens with one attached hydrogen (secondary N) is 1. The van der Waals surface area contributed by atoms with Crippen LogP contribution in [0.2, 0.25) is 5.02 Å². The molecule has 0 saturated carbocycles. The summed E-state index contributed by atoms with van der Waals surface area (Å²) in [4.78, 5) is 16.9. The molecule has 1 rings (SSSR count). The van der Waals surface area contributed by atoms with Gasteiger partial charge in [-0.2, -0.15) is 5.06 Å². The number of ether oxygens (including phenoxy) is 2. The Labute approximate surface area is 117 Å². The van der Waals surface area contributed by atoms with Gasteiger partial charge < -0.3 is 14.8 Å². The second-order valence-electron chi connectivity index (χ2n) is 3.58. The highest BCUT2D eigenvalue weighted by Crippen LogP contribution is 2.14. The van der Waals surface area contributed by atoms with E-state index in [1.54, 1.807) is 24.3 Å². The Hall–Kier alpha value is -1.34. The molecule has 0 aliphatic carbocycles. The Bertz CT molecular complexity index is 395. The first-order chi connectivity index (χ1) is 9.10. The largest absolute Gasteiger partial charge is 0.354 e. The maximum atomic E-state index is 11.9. The first-order valence-corrected chi connectivity index (χ1v) is 5.92. The van der Waals surface area contributed by atoms with E-state index in [4.69, 9.17) is 25.9 Å². The Morgan fingerprint density at radius 3 is 2.32 bits per heavy atom. The summed E-state index contributed by atoms with van der Waals surface area (Å²) in [6.45, 7) is 0.142. The average molecular weight is 289 g/mol. The first-order valence-electron chi connectivity index (χ1n) is 5.54. The molecule has 1 aromatic rings. The van der Waals surface area contributed by atoms with Gasteiger partial charge in [0.25, 0.3) is 0 Å². The number of anilines is 1. The molecule has 106 valence electrons. The fraction of sp³-hybridized carbons (Fsp3) is 0.417. The molecule has 0 spiro atoms. The van der Waals surface area contributed by atoms with Crippen LogP contribution in [-0.4, -0.2) is 45.3 Å². The molecule has 0 unspecified atom stereocenters. The molecule has 0 bridgehead atoms. The fourth-order valence-corrected chi connectivity index (χ4v) is 1.47. The lowest BCUT2D eigenvalue weighted by molar-refractivity contribution is -0.169. The predicted molar refractivity (Wildman–Crippen MR) is 72.0 cm³/mol. The molecule has 0 saturated heterocycles. The highest BCUT2D eigenvalue weighted by molar-refractivity contribution is 6.30. The van der Waals surface area contributed by atoms with Crippen molar-refractivity contribution in [2.75, 3.05) is 33.2 Å². The van der Waals surface area contributed by atoms with Gasteiger partial charge in [0.05, 0.1) is 7.11 Å². The van der Waals surface area contributed by atoms with Crippen molar-refractivity contribution in [1.82, 2.24) is 5.06 Å². The molecule has 0 aromatic heterocycles. The second kappa shape index (κ2) is 7.96. The molecule has 0 radical (unpaired) electrons. The summed E-state index contributed by atoms with van der Waals surface area (Å²) in [5, 5.41) is 4.37. The maximum absolute atomic E-state index is 11.9. The minimum atomic E-state index is -0.559. The SMILES string of the molecule is COC(CN(OC)C(=O)Nc1ccc(Cl)cc1)OC. The number of hydroxylamine groups is 2. The van der Waals surface area contributed by atoms with Crippen molar-refractivity contribution in [2.45, 2.75) is 6.29 Å². The molecule has 0 heterocycles. The number of carbonyl (C=O) groups is 1. The zero-order valence-corrected chi connectivity index (χ0v) is 11.8. The van der Waals surface area contributed by atoms with Crippen molar-refractivity contribution >= 4 is 23.3 Å². The maximum Gasteiger partial charge on any atom is 0.345 e.